The number of morpholine rings is 1. The Morgan fingerprint density at radius 2 is 1.86 bits per heavy atom. The highest BCUT2D eigenvalue weighted by molar-refractivity contribution is 7.89. The van der Waals surface area contributed by atoms with Gasteiger partial charge in [-0.1, -0.05) is 25.8 Å². The Balaban J connectivity index is 1.76. The molecule has 29 heavy (non-hydrogen) atoms. The summed E-state index contributed by atoms with van der Waals surface area (Å²) in [7, 11) is -3.66. The maximum atomic E-state index is 13.1. The number of nitrogens with zero attached hydrogens (tertiary/aromatic N) is 2. The summed E-state index contributed by atoms with van der Waals surface area (Å²) in [5.41, 5.74) is 0.453. The van der Waals surface area contributed by atoms with E-state index in [9.17, 15) is 13.2 Å². The summed E-state index contributed by atoms with van der Waals surface area (Å²) >= 11 is 0. The van der Waals surface area contributed by atoms with E-state index < -0.39 is 10.0 Å². The largest absolute Gasteiger partial charge is 0.373 e. The molecule has 6 nitrogen and oxygen atoms in total. The zero-order valence-corrected chi connectivity index (χ0v) is 18.7. The van der Waals surface area contributed by atoms with Crippen LogP contribution in [0.15, 0.2) is 29.2 Å². The van der Waals surface area contributed by atoms with Crippen molar-refractivity contribution in [3.63, 3.8) is 0 Å². The zero-order valence-electron chi connectivity index (χ0n) is 17.8. The third-order valence-corrected chi connectivity index (χ3v) is 7.76. The van der Waals surface area contributed by atoms with Gasteiger partial charge in [0, 0.05) is 31.7 Å². The number of hydrogen-bond donors (Lipinski definition) is 0. The van der Waals surface area contributed by atoms with Crippen LogP contribution in [-0.2, 0) is 14.8 Å². The predicted molar refractivity (Wildman–Crippen MR) is 113 cm³/mol. The molecule has 2 saturated heterocycles. The highest BCUT2D eigenvalue weighted by Crippen LogP contribution is 2.25. The van der Waals surface area contributed by atoms with Crippen LogP contribution in [0, 0.1) is 5.92 Å². The Kier molecular flexibility index (Phi) is 7.35. The predicted octanol–water partition coefficient (Wildman–Crippen LogP) is 3.53. The van der Waals surface area contributed by atoms with E-state index in [1.807, 2.05) is 18.7 Å². The van der Waals surface area contributed by atoms with Gasteiger partial charge in [0.1, 0.15) is 0 Å². The molecular weight excluding hydrogens is 388 g/mol. The van der Waals surface area contributed by atoms with Crippen LogP contribution in [-0.4, -0.2) is 61.9 Å². The Labute approximate surface area is 175 Å². The first kappa shape index (κ1) is 22.2. The number of carbonyl (C=O) groups is 1. The Morgan fingerprint density at radius 3 is 2.55 bits per heavy atom. The summed E-state index contributed by atoms with van der Waals surface area (Å²) in [4.78, 5) is 15.1. The van der Waals surface area contributed by atoms with Crippen molar-refractivity contribution in [2.45, 2.75) is 70.0 Å². The van der Waals surface area contributed by atoms with Gasteiger partial charge in [-0.15, -0.1) is 0 Å². The van der Waals surface area contributed by atoms with E-state index in [1.54, 1.807) is 18.2 Å². The van der Waals surface area contributed by atoms with Gasteiger partial charge in [0.25, 0.3) is 5.91 Å². The van der Waals surface area contributed by atoms with Gasteiger partial charge < -0.3 is 9.64 Å². The second-order valence-corrected chi connectivity index (χ2v) is 10.4. The normalized spacial score (nSPS) is 26.9. The van der Waals surface area contributed by atoms with Gasteiger partial charge >= 0.3 is 0 Å². The monoisotopic (exact) mass is 422 g/mol. The lowest BCUT2D eigenvalue weighted by Gasteiger charge is -2.34. The molecule has 3 rings (SSSR count). The van der Waals surface area contributed by atoms with Crippen molar-refractivity contribution < 1.29 is 17.9 Å². The molecule has 2 fully saturated rings. The van der Waals surface area contributed by atoms with Crippen molar-refractivity contribution in [1.29, 1.82) is 0 Å². The molecule has 2 aliphatic heterocycles. The minimum Gasteiger partial charge on any atom is -0.373 e. The highest BCUT2D eigenvalue weighted by Gasteiger charge is 2.32. The molecule has 0 saturated carbocycles. The lowest BCUT2D eigenvalue weighted by Crippen LogP contribution is -2.48. The third kappa shape index (κ3) is 5.38. The number of hydrogen-bond acceptors (Lipinski definition) is 4. The van der Waals surface area contributed by atoms with E-state index >= 15 is 0 Å². The fraction of sp³-hybridized carbons (Fsp3) is 0.682. The smallest absolute Gasteiger partial charge is 0.253 e. The summed E-state index contributed by atoms with van der Waals surface area (Å²) in [6.45, 7) is 8.11. The van der Waals surface area contributed by atoms with Gasteiger partial charge in [-0.05, 0) is 57.2 Å². The van der Waals surface area contributed by atoms with Crippen LogP contribution in [0.25, 0.3) is 0 Å². The Bertz CT molecular complexity index is 801. The van der Waals surface area contributed by atoms with Crippen molar-refractivity contribution in [1.82, 2.24) is 9.21 Å². The molecule has 0 N–H and O–H groups in total. The van der Waals surface area contributed by atoms with Crippen molar-refractivity contribution in [2.75, 3.05) is 26.2 Å². The van der Waals surface area contributed by atoms with Crippen molar-refractivity contribution in [2.24, 2.45) is 5.92 Å². The molecule has 3 atom stereocenters. The summed E-state index contributed by atoms with van der Waals surface area (Å²) in [5.74, 6) is 0.623. The molecule has 0 aliphatic carbocycles. The Morgan fingerprint density at radius 1 is 1.14 bits per heavy atom. The van der Waals surface area contributed by atoms with E-state index in [1.165, 1.54) is 29.6 Å². The summed E-state index contributed by atoms with van der Waals surface area (Å²) < 4.78 is 33.4. The minimum absolute atomic E-state index is 0.0667. The number of carbonyl (C=O) groups excluding carboxylic acids is 1. The van der Waals surface area contributed by atoms with Crippen molar-refractivity contribution in [3.8, 4) is 0 Å². The molecule has 2 heterocycles. The first-order valence-electron chi connectivity index (χ1n) is 10.9. The summed E-state index contributed by atoms with van der Waals surface area (Å²) in [5, 5.41) is 0. The summed E-state index contributed by atoms with van der Waals surface area (Å²) in [6.07, 6.45) is 5.31. The quantitative estimate of drug-likeness (QED) is 0.728. The summed E-state index contributed by atoms with van der Waals surface area (Å²) in [6, 6.07) is 6.51. The van der Waals surface area contributed by atoms with Gasteiger partial charge in [0.15, 0.2) is 0 Å². The fourth-order valence-electron chi connectivity index (χ4n) is 4.51. The zero-order chi connectivity index (χ0) is 21.0. The van der Waals surface area contributed by atoms with Gasteiger partial charge in [0.05, 0.1) is 17.1 Å². The standard InChI is InChI=1S/C22H34N2O4S/c1-4-7-19-8-6-12-23(13-11-19)22(25)20-9-5-10-21(14-20)29(26,27)24-15-17(2)28-18(3)16-24/h5,9-10,14,17-19H,4,6-8,11-13,15-16H2,1-3H3. The molecule has 0 radical (unpaired) electrons. The average molecular weight is 423 g/mol. The first-order chi connectivity index (χ1) is 13.8. The van der Waals surface area contributed by atoms with Crippen molar-refractivity contribution in [3.05, 3.63) is 29.8 Å². The van der Waals surface area contributed by atoms with E-state index in [4.69, 9.17) is 4.74 Å². The molecule has 162 valence electrons. The van der Waals surface area contributed by atoms with E-state index in [0.29, 0.717) is 24.6 Å². The lowest BCUT2D eigenvalue weighted by molar-refractivity contribution is -0.0440. The van der Waals surface area contributed by atoms with Crippen LogP contribution in [0.2, 0.25) is 0 Å². The number of rotatable bonds is 5. The fourth-order valence-corrected chi connectivity index (χ4v) is 6.15. The van der Waals surface area contributed by atoms with Crippen LogP contribution >= 0.6 is 0 Å². The molecule has 1 aromatic rings. The lowest BCUT2D eigenvalue weighted by atomic mass is 9.96. The Hall–Kier alpha value is -1.44. The van der Waals surface area contributed by atoms with Gasteiger partial charge in [-0.25, -0.2) is 8.42 Å². The van der Waals surface area contributed by atoms with Crippen molar-refractivity contribution >= 4 is 15.9 Å². The third-order valence-electron chi connectivity index (χ3n) is 5.94. The molecule has 7 heteroatoms. The molecular formula is C22H34N2O4S. The average Bonchev–Trinajstić information content (AvgIpc) is 2.93. The number of likely N-dealkylation sites (tertiary alicyclic amines) is 1. The molecule has 1 aromatic carbocycles. The maximum Gasteiger partial charge on any atom is 0.253 e. The van der Waals surface area contributed by atoms with Crippen LogP contribution in [0.3, 0.4) is 0 Å². The minimum atomic E-state index is -3.66. The molecule has 2 aliphatic rings. The van der Waals surface area contributed by atoms with E-state index in [0.717, 1.165) is 25.9 Å². The number of sulfonamides is 1. The van der Waals surface area contributed by atoms with E-state index in [-0.39, 0.29) is 23.0 Å². The molecule has 3 unspecified atom stereocenters. The molecule has 0 spiro atoms. The van der Waals surface area contributed by atoms with E-state index in [2.05, 4.69) is 6.92 Å². The second-order valence-electron chi connectivity index (χ2n) is 8.48. The highest BCUT2D eigenvalue weighted by atomic mass is 32.2. The van der Waals surface area contributed by atoms with Crippen LogP contribution in [0.5, 0.6) is 0 Å². The van der Waals surface area contributed by atoms with Crippen LogP contribution < -0.4 is 0 Å². The van der Waals surface area contributed by atoms with Crippen LogP contribution in [0.1, 0.15) is 63.2 Å². The molecule has 0 aromatic heterocycles. The van der Waals surface area contributed by atoms with Gasteiger partial charge in [0.2, 0.25) is 10.0 Å². The maximum absolute atomic E-state index is 13.1. The second kappa shape index (κ2) is 9.58. The molecule has 1 amide bonds. The number of ether oxygens (including phenoxy) is 1. The SMILES string of the molecule is CCCC1CCCN(C(=O)c2cccc(S(=O)(=O)N3CC(C)OC(C)C3)c2)CC1. The topological polar surface area (TPSA) is 66.9 Å². The van der Waals surface area contributed by atoms with Crippen LogP contribution in [0.4, 0.5) is 0 Å². The molecule has 0 bridgehead atoms. The number of benzene rings is 1. The number of amides is 1. The van der Waals surface area contributed by atoms with Gasteiger partial charge in [-0.2, -0.15) is 4.31 Å². The first-order valence-corrected chi connectivity index (χ1v) is 12.3. The van der Waals surface area contributed by atoms with Gasteiger partial charge in [-0.3, -0.25) is 4.79 Å².